The molecule has 0 bridgehead atoms. The van der Waals surface area contributed by atoms with Gasteiger partial charge in [-0.15, -0.1) is 5.10 Å². The average Bonchev–Trinajstić information content (AvgIpc) is 2.45. The van der Waals surface area contributed by atoms with Crippen LogP contribution in [0.2, 0.25) is 0 Å². The molecule has 8 heteroatoms. The van der Waals surface area contributed by atoms with E-state index in [-0.39, 0.29) is 12.8 Å². The van der Waals surface area contributed by atoms with Crippen molar-refractivity contribution in [2.24, 2.45) is 5.84 Å². The van der Waals surface area contributed by atoms with E-state index < -0.39 is 11.9 Å². The van der Waals surface area contributed by atoms with Crippen LogP contribution in [0.25, 0.3) is 10.8 Å². The highest BCUT2D eigenvalue weighted by atomic mass is 16.4. The van der Waals surface area contributed by atoms with Gasteiger partial charge in [-0.05, 0) is 0 Å². The van der Waals surface area contributed by atoms with Crippen LogP contribution in [-0.4, -0.2) is 32.3 Å². The Morgan fingerprint density at radius 3 is 2.30 bits per heavy atom. The lowest BCUT2D eigenvalue weighted by molar-refractivity contribution is -0.143. The third-order valence-corrected chi connectivity index (χ3v) is 2.26. The Kier molecular flexibility index (Phi) is 5.85. The molecule has 2 rings (SSSR count). The molecule has 0 saturated heterocycles. The molecule has 20 heavy (non-hydrogen) atoms. The van der Waals surface area contributed by atoms with Crippen LogP contribution in [0.5, 0.6) is 0 Å². The molecule has 0 amide bonds. The molecule has 8 nitrogen and oxygen atoms in total. The zero-order valence-corrected chi connectivity index (χ0v) is 10.5. The van der Waals surface area contributed by atoms with Gasteiger partial charge in [-0.25, -0.2) is 5.84 Å². The lowest BCUT2D eigenvalue weighted by Crippen LogP contribution is -2.09. The Balaban J connectivity index is 0.000000221. The van der Waals surface area contributed by atoms with Gasteiger partial charge in [-0.1, -0.05) is 24.3 Å². The number of carboxylic acid groups (broad SMARTS) is 2. The normalized spacial score (nSPS) is 9.45. The SMILES string of the molecule is NNc1nncc2ccccc12.O=C(O)CCC(=O)O. The lowest BCUT2D eigenvalue weighted by atomic mass is 10.2. The van der Waals surface area contributed by atoms with Crippen molar-refractivity contribution in [2.45, 2.75) is 12.8 Å². The molecule has 0 aliphatic carbocycles. The number of hydrogen-bond acceptors (Lipinski definition) is 6. The second kappa shape index (κ2) is 7.64. The first-order valence-corrected chi connectivity index (χ1v) is 5.65. The minimum atomic E-state index is -1.08. The van der Waals surface area contributed by atoms with Crippen molar-refractivity contribution < 1.29 is 19.8 Å². The number of nitrogens with two attached hydrogens (primary N) is 1. The summed E-state index contributed by atoms with van der Waals surface area (Å²) in [4.78, 5) is 19.3. The van der Waals surface area contributed by atoms with Gasteiger partial charge in [0, 0.05) is 10.8 Å². The molecule has 0 radical (unpaired) electrons. The largest absolute Gasteiger partial charge is 0.481 e. The van der Waals surface area contributed by atoms with Crippen LogP contribution in [0.4, 0.5) is 5.82 Å². The Morgan fingerprint density at radius 1 is 1.15 bits per heavy atom. The summed E-state index contributed by atoms with van der Waals surface area (Å²) >= 11 is 0. The summed E-state index contributed by atoms with van der Waals surface area (Å²) in [5, 5.41) is 25.4. The molecule has 106 valence electrons. The summed E-state index contributed by atoms with van der Waals surface area (Å²) in [6, 6.07) is 7.79. The molecule has 1 heterocycles. The summed E-state index contributed by atoms with van der Waals surface area (Å²) in [5.74, 6) is 3.72. The minimum absolute atomic E-state index is 0.296. The fraction of sp³-hybridized carbons (Fsp3) is 0.167. The molecule has 1 aromatic carbocycles. The minimum Gasteiger partial charge on any atom is -0.481 e. The van der Waals surface area contributed by atoms with Crippen LogP contribution in [0, 0.1) is 0 Å². The molecular formula is C12H14N4O4. The second-order valence-corrected chi connectivity index (χ2v) is 3.71. The van der Waals surface area contributed by atoms with E-state index in [1.807, 2.05) is 24.3 Å². The fourth-order valence-corrected chi connectivity index (χ4v) is 1.35. The number of nitrogens with one attached hydrogen (secondary N) is 1. The van der Waals surface area contributed by atoms with Crippen LogP contribution in [-0.2, 0) is 9.59 Å². The van der Waals surface area contributed by atoms with Gasteiger partial charge >= 0.3 is 11.9 Å². The highest BCUT2D eigenvalue weighted by molar-refractivity contribution is 5.90. The monoisotopic (exact) mass is 278 g/mol. The number of fused-ring (bicyclic) bond motifs is 1. The maximum Gasteiger partial charge on any atom is 0.303 e. The van der Waals surface area contributed by atoms with Crippen LogP contribution >= 0.6 is 0 Å². The molecular weight excluding hydrogens is 264 g/mol. The Bertz CT molecular complexity index is 584. The molecule has 0 atom stereocenters. The molecule has 0 aliphatic heterocycles. The summed E-state index contributed by atoms with van der Waals surface area (Å²) < 4.78 is 0. The number of aliphatic carboxylic acids is 2. The highest BCUT2D eigenvalue weighted by Crippen LogP contribution is 2.17. The van der Waals surface area contributed by atoms with Crippen molar-refractivity contribution in [3.05, 3.63) is 30.5 Å². The number of nitrogen functional groups attached to an aromatic ring is 1. The van der Waals surface area contributed by atoms with Crippen molar-refractivity contribution in [1.29, 1.82) is 0 Å². The lowest BCUT2D eigenvalue weighted by Gasteiger charge is -2.01. The quantitative estimate of drug-likeness (QED) is 0.477. The molecule has 0 unspecified atom stereocenters. The van der Waals surface area contributed by atoms with E-state index in [9.17, 15) is 9.59 Å². The van der Waals surface area contributed by atoms with Gasteiger partial charge in [0.15, 0.2) is 5.82 Å². The Hall–Kier alpha value is -2.74. The van der Waals surface area contributed by atoms with E-state index in [1.165, 1.54) is 0 Å². The van der Waals surface area contributed by atoms with E-state index in [4.69, 9.17) is 16.1 Å². The molecule has 1 aromatic heterocycles. The van der Waals surface area contributed by atoms with Gasteiger partial charge in [0.1, 0.15) is 0 Å². The van der Waals surface area contributed by atoms with Gasteiger partial charge in [0.2, 0.25) is 0 Å². The predicted molar refractivity (Wildman–Crippen MR) is 71.9 cm³/mol. The van der Waals surface area contributed by atoms with E-state index in [0.717, 1.165) is 10.8 Å². The van der Waals surface area contributed by atoms with Crippen molar-refractivity contribution in [2.75, 3.05) is 5.43 Å². The van der Waals surface area contributed by atoms with Crippen LogP contribution in [0.1, 0.15) is 12.8 Å². The van der Waals surface area contributed by atoms with Crippen LogP contribution < -0.4 is 11.3 Å². The van der Waals surface area contributed by atoms with Crippen molar-refractivity contribution >= 4 is 28.5 Å². The first kappa shape index (κ1) is 15.3. The number of carboxylic acids is 2. The number of anilines is 1. The zero-order chi connectivity index (χ0) is 15.0. The van der Waals surface area contributed by atoms with Gasteiger partial charge in [0.05, 0.1) is 19.0 Å². The zero-order valence-electron chi connectivity index (χ0n) is 10.5. The second-order valence-electron chi connectivity index (χ2n) is 3.71. The first-order chi connectivity index (χ1) is 9.54. The molecule has 0 fully saturated rings. The number of benzene rings is 1. The van der Waals surface area contributed by atoms with E-state index in [0.29, 0.717) is 5.82 Å². The highest BCUT2D eigenvalue weighted by Gasteiger charge is 2.00. The van der Waals surface area contributed by atoms with Crippen LogP contribution in [0.15, 0.2) is 30.5 Å². The molecule has 0 saturated carbocycles. The van der Waals surface area contributed by atoms with E-state index in [2.05, 4.69) is 15.6 Å². The molecule has 2 aromatic rings. The van der Waals surface area contributed by atoms with Crippen molar-refractivity contribution in [3.8, 4) is 0 Å². The van der Waals surface area contributed by atoms with E-state index in [1.54, 1.807) is 6.20 Å². The summed E-state index contributed by atoms with van der Waals surface area (Å²) in [6.07, 6.45) is 1.11. The van der Waals surface area contributed by atoms with Gasteiger partial charge < -0.3 is 15.6 Å². The fourth-order valence-electron chi connectivity index (χ4n) is 1.35. The Labute approximate surface area is 114 Å². The maximum atomic E-state index is 9.64. The number of nitrogens with zero attached hydrogens (tertiary/aromatic N) is 2. The summed E-state index contributed by atoms with van der Waals surface area (Å²) in [6.45, 7) is 0. The topological polar surface area (TPSA) is 138 Å². The number of hydrogen-bond donors (Lipinski definition) is 4. The molecule has 5 N–H and O–H groups in total. The summed E-state index contributed by atoms with van der Waals surface area (Å²) in [7, 11) is 0. The smallest absolute Gasteiger partial charge is 0.303 e. The van der Waals surface area contributed by atoms with Crippen molar-refractivity contribution in [3.63, 3.8) is 0 Å². The number of aromatic nitrogens is 2. The van der Waals surface area contributed by atoms with E-state index >= 15 is 0 Å². The third kappa shape index (κ3) is 4.86. The number of rotatable bonds is 4. The van der Waals surface area contributed by atoms with Gasteiger partial charge in [-0.3, -0.25) is 9.59 Å². The predicted octanol–water partition coefficient (Wildman–Crippen LogP) is 0.851. The first-order valence-electron chi connectivity index (χ1n) is 5.65. The maximum absolute atomic E-state index is 9.64. The number of carbonyl (C=O) groups is 2. The van der Waals surface area contributed by atoms with Gasteiger partial charge in [-0.2, -0.15) is 5.10 Å². The summed E-state index contributed by atoms with van der Waals surface area (Å²) in [5.41, 5.74) is 2.50. The Morgan fingerprint density at radius 2 is 1.75 bits per heavy atom. The van der Waals surface area contributed by atoms with Gasteiger partial charge in [0.25, 0.3) is 0 Å². The van der Waals surface area contributed by atoms with Crippen LogP contribution in [0.3, 0.4) is 0 Å². The average molecular weight is 278 g/mol. The molecule has 0 aliphatic rings. The standard InChI is InChI=1S/C8H8N4.C4H6O4/c9-11-8-7-4-2-1-3-6(7)5-10-12-8;5-3(6)1-2-4(7)8/h1-5H,9H2,(H,11,12);1-2H2,(H,5,6)(H,7,8). The molecule has 0 spiro atoms. The number of hydrazine groups is 1. The van der Waals surface area contributed by atoms with Crippen molar-refractivity contribution in [1.82, 2.24) is 10.2 Å². The third-order valence-electron chi connectivity index (χ3n) is 2.26.